The second kappa shape index (κ2) is 10.1. The van der Waals surface area contributed by atoms with E-state index in [-0.39, 0.29) is 5.92 Å². The quantitative estimate of drug-likeness (QED) is 0.218. The second-order valence-electron chi connectivity index (χ2n) is 13.2. The van der Waals surface area contributed by atoms with Crippen LogP contribution in [0.3, 0.4) is 0 Å². The van der Waals surface area contributed by atoms with E-state index in [1.165, 1.54) is 19.3 Å². The van der Waals surface area contributed by atoms with Crippen LogP contribution < -0.4 is 0 Å². The van der Waals surface area contributed by atoms with Gasteiger partial charge in [0.1, 0.15) is 17.8 Å². The monoisotopic (exact) mass is 618 g/mol. The van der Waals surface area contributed by atoms with Crippen molar-refractivity contribution in [3.05, 3.63) is 0 Å². The zero-order valence-electron chi connectivity index (χ0n) is 23.4. The van der Waals surface area contributed by atoms with E-state index in [0.29, 0.717) is 43.4 Å². The molecule has 234 valence electrons. The van der Waals surface area contributed by atoms with Crippen LogP contribution in [0.2, 0.25) is 0 Å². The summed E-state index contributed by atoms with van der Waals surface area (Å²) in [5.41, 5.74) is -0.562. The zero-order valence-corrected chi connectivity index (χ0v) is 24.2. The van der Waals surface area contributed by atoms with Gasteiger partial charge in [-0.3, -0.25) is 23.7 Å². The highest BCUT2D eigenvalue weighted by Crippen LogP contribution is 2.63. The molecule has 11 nitrogen and oxygen atoms in total. The molecule has 0 aromatic carbocycles. The molecule has 6 aliphatic rings. The molecular weight excluding hydrogens is 582 g/mol. The minimum Gasteiger partial charge on any atom is -0.459 e. The summed E-state index contributed by atoms with van der Waals surface area (Å²) in [7, 11) is -5.82. The molecule has 6 fully saturated rings. The third-order valence-corrected chi connectivity index (χ3v) is 12.2. The molecular formula is C28H36F2O11S. The summed E-state index contributed by atoms with van der Waals surface area (Å²) in [6, 6.07) is 0. The lowest BCUT2D eigenvalue weighted by atomic mass is 9.78. The standard InChI is InChI=1S/C28H36F2O11S/c1-3-27(10-17-13-4-5-14(8-13)18(17)11-27)41-26(34)22-16-9-15-21(22)25(33)40-24(15)23(16)39-20(32)7-6-19(31)38-12(2)28(29,30)42(35,36)37/h12-18,21-24H,3-11H2,1-2H3,(H,35,36,37). The van der Waals surface area contributed by atoms with Gasteiger partial charge in [0, 0.05) is 11.8 Å². The maximum Gasteiger partial charge on any atom is 0.405 e. The minimum atomic E-state index is -5.82. The highest BCUT2D eigenvalue weighted by Gasteiger charge is 2.71. The number of carbonyl (C=O) groups excluding carboxylic acids is 4. The number of esters is 4. The number of hydrogen-bond donors (Lipinski definition) is 1. The maximum atomic E-state index is 13.7. The van der Waals surface area contributed by atoms with Crippen LogP contribution in [0, 0.1) is 47.3 Å². The van der Waals surface area contributed by atoms with Gasteiger partial charge in [0.2, 0.25) is 0 Å². The van der Waals surface area contributed by atoms with Gasteiger partial charge >= 0.3 is 39.2 Å². The number of fused-ring (bicyclic) bond motifs is 6. The fourth-order valence-electron chi connectivity index (χ4n) is 9.25. The van der Waals surface area contributed by atoms with Crippen LogP contribution in [0.15, 0.2) is 0 Å². The van der Waals surface area contributed by atoms with Gasteiger partial charge in [-0.25, -0.2) is 0 Å². The number of carbonyl (C=O) groups is 4. The largest absolute Gasteiger partial charge is 0.459 e. The SMILES string of the molecule is CCC1(OC(=O)C2C3CC4C(OC(=O)C42)C3OC(=O)CCC(=O)OC(C)C(F)(F)S(=O)(=O)O)CC2C3CCC(C3)C2C1. The van der Waals surface area contributed by atoms with Gasteiger partial charge in [-0.05, 0) is 75.5 Å². The van der Waals surface area contributed by atoms with Crippen LogP contribution in [0.25, 0.3) is 0 Å². The molecule has 1 aliphatic heterocycles. The van der Waals surface area contributed by atoms with Gasteiger partial charge in [0.25, 0.3) is 0 Å². The Bertz CT molecular complexity index is 1270. The normalized spacial score (nSPS) is 41.9. The van der Waals surface area contributed by atoms with E-state index >= 15 is 0 Å². The molecule has 0 amide bonds. The molecule has 0 radical (unpaired) electrons. The number of hydrogen-bond acceptors (Lipinski definition) is 10. The van der Waals surface area contributed by atoms with Crippen molar-refractivity contribution in [3.63, 3.8) is 0 Å². The van der Waals surface area contributed by atoms with Crippen molar-refractivity contribution < 1.29 is 59.9 Å². The minimum absolute atomic E-state index is 0.303. The van der Waals surface area contributed by atoms with Crippen molar-refractivity contribution in [3.8, 4) is 0 Å². The highest BCUT2D eigenvalue weighted by atomic mass is 32.2. The molecule has 1 heterocycles. The number of halogens is 2. The first-order valence-electron chi connectivity index (χ1n) is 14.8. The highest BCUT2D eigenvalue weighted by molar-refractivity contribution is 7.86. The molecule has 5 saturated carbocycles. The number of rotatable bonds is 10. The van der Waals surface area contributed by atoms with Crippen LogP contribution in [-0.4, -0.2) is 66.0 Å². The first-order chi connectivity index (χ1) is 19.7. The molecule has 1 saturated heterocycles. The van der Waals surface area contributed by atoms with Crippen molar-refractivity contribution in [2.45, 2.75) is 101 Å². The molecule has 11 unspecified atom stereocenters. The summed E-state index contributed by atoms with van der Waals surface area (Å²) in [5.74, 6) is -2.91. The van der Waals surface area contributed by atoms with E-state index < -0.39 is 93.8 Å². The molecule has 4 bridgehead atoms. The lowest BCUT2D eigenvalue weighted by molar-refractivity contribution is -0.176. The van der Waals surface area contributed by atoms with Crippen LogP contribution in [0.5, 0.6) is 0 Å². The zero-order chi connectivity index (χ0) is 30.4. The lowest BCUT2D eigenvalue weighted by Crippen LogP contribution is -2.46. The average molecular weight is 619 g/mol. The van der Waals surface area contributed by atoms with Crippen LogP contribution >= 0.6 is 0 Å². The fourth-order valence-corrected chi connectivity index (χ4v) is 9.72. The Kier molecular flexibility index (Phi) is 7.14. The molecule has 6 rings (SSSR count). The van der Waals surface area contributed by atoms with E-state index in [4.69, 9.17) is 18.8 Å². The Morgan fingerprint density at radius 2 is 1.67 bits per heavy atom. The fraction of sp³-hybridized carbons (Fsp3) is 0.857. The summed E-state index contributed by atoms with van der Waals surface area (Å²) in [5, 5.41) is -4.73. The molecule has 0 spiro atoms. The van der Waals surface area contributed by atoms with Crippen molar-refractivity contribution in [1.82, 2.24) is 0 Å². The van der Waals surface area contributed by atoms with Crippen molar-refractivity contribution in [2.75, 3.05) is 0 Å². The summed E-state index contributed by atoms with van der Waals surface area (Å²) >= 11 is 0. The third-order valence-electron chi connectivity index (χ3n) is 11.2. The van der Waals surface area contributed by atoms with Crippen molar-refractivity contribution in [2.24, 2.45) is 47.3 Å². The Morgan fingerprint density at radius 3 is 2.26 bits per heavy atom. The average Bonchev–Trinajstić information content (AvgIpc) is 3.73. The van der Waals surface area contributed by atoms with E-state index in [0.717, 1.165) is 12.8 Å². The Labute approximate surface area is 242 Å². The van der Waals surface area contributed by atoms with Gasteiger partial charge in [-0.15, -0.1) is 0 Å². The molecule has 11 atom stereocenters. The summed E-state index contributed by atoms with van der Waals surface area (Å²) < 4.78 is 79.4. The van der Waals surface area contributed by atoms with Crippen molar-refractivity contribution >= 4 is 34.0 Å². The van der Waals surface area contributed by atoms with Gasteiger partial charge in [-0.2, -0.15) is 17.2 Å². The Morgan fingerprint density at radius 1 is 1.05 bits per heavy atom. The molecule has 0 aromatic heterocycles. The number of alkyl halides is 2. The second-order valence-corrected chi connectivity index (χ2v) is 14.7. The third kappa shape index (κ3) is 4.62. The predicted molar refractivity (Wildman–Crippen MR) is 136 cm³/mol. The van der Waals surface area contributed by atoms with E-state index in [2.05, 4.69) is 4.74 Å². The van der Waals surface area contributed by atoms with Gasteiger partial charge < -0.3 is 18.9 Å². The molecule has 42 heavy (non-hydrogen) atoms. The van der Waals surface area contributed by atoms with Gasteiger partial charge in [0.05, 0.1) is 24.7 Å². The summed E-state index contributed by atoms with van der Waals surface area (Å²) in [6.07, 6.45) is 1.13. The van der Waals surface area contributed by atoms with Crippen molar-refractivity contribution in [1.29, 1.82) is 0 Å². The Balaban J connectivity index is 1.07. The first-order valence-corrected chi connectivity index (χ1v) is 16.3. The maximum absolute atomic E-state index is 13.7. The van der Waals surface area contributed by atoms with E-state index in [1.807, 2.05) is 6.92 Å². The van der Waals surface area contributed by atoms with Crippen LogP contribution in [-0.2, 0) is 48.2 Å². The molecule has 5 aliphatic carbocycles. The van der Waals surface area contributed by atoms with E-state index in [9.17, 15) is 36.4 Å². The number of ether oxygens (including phenoxy) is 4. The smallest absolute Gasteiger partial charge is 0.405 e. The summed E-state index contributed by atoms with van der Waals surface area (Å²) in [4.78, 5) is 51.1. The topological polar surface area (TPSA) is 160 Å². The van der Waals surface area contributed by atoms with Gasteiger partial charge in [-0.1, -0.05) is 6.92 Å². The van der Waals surface area contributed by atoms with Crippen LogP contribution in [0.4, 0.5) is 8.78 Å². The predicted octanol–water partition coefficient (Wildman–Crippen LogP) is 3.05. The molecule has 14 heteroatoms. The van der Waals surface area contributed by atoms with E-state index in [1.54, 1.807) is 0 Å². The van der Waals surface area contributed by atoms with Crippen LogP contribution in [0.1, 0.15) is 71.6 Å². The van der Waals surface area contributed by atoms with Gasteiger partial charge in [0.15, 0.2) is 6.10 Å². The summed E-state index contributed by atoms with van der Waals surface area (Å²) in [6.45, 7) is 2.62. The molecule has 0 aromatic rings. The first kappa shape index (κ1) is 29.7. The lowest BCUT2D eigenvalue weighted by Gasteiger charge is -2.35. The molecule has 1 N–H and O–H groups in total. The Hall–Kier alpha value is -2.35.